The highest BCUT2D eigenvalue weighted by Crippen LogP contribution is 2.32. The first-order valence-corrected chi connectivity index (χ1v) is 11.9. The molecule has 6 nitrogen and oxygen atoms in total. The number of alkyl halides is 3. The number of rotatable bonds is 5. The largest absolute Gasteiger partial charge is 0.573 e. The third-order valence-electron chi connectivity index (χ3n) is 6.17. The van der Waals surface area contributed by atoms with Gasteiger partial charge in [-0.1, -0.05) is 12.1 Å². The summed E-state index contributed by atoms with van der Waals surface area (Å²) in [7, 11) is 0. The van der Waals surface area contributed by atoms with Crippen LogP contribution in [-0.4, -0.2) is 26.9 Å². The number of hydrogen-bond acceptors (Lipinski definition) is 5. The summed E-state index contributed by atoms with van der Waals surface area (Å²) in [6, 6.07) is 21.6. The topological polar surface area (TPSA) is 64.3 Å². The van der Waals surface area contributed by atoms with Gasteiger partial charge in [-0.25, -0.2) is 4.98 Å². The highest BCUT2D eigenvalue weighted by atomic mass is 19.4. The molecule has 9 heteroatoms. The molecule has 3 aromatic rings. The smallest absolute Gasteiger partial charge is 0.406 e. The van der Waals surface area contributed by atoms with Crippen LogP contribution in [0.25, 0.3) is 28.1 Å². The Morgan fingerprint density at radius 1 is 0.973 bits per heavy atom. The Hall–Kier alpha value is -4.40. The summed E-state index contributed by atoms with van der Waals surface area (Å²) in [5, 5.41) is 4.27. The summed E-state index contributed by atoms with van der Waals surface area (Å²) in [5.41, 5.74) is 6.31. The van der Waals surface area contributed by atoms with E-state index in [4.69, 9.17) is 9.98 Å². The summed E-state index contributed by atoms with van der Waals surface area (Å²) in [6.45, 7) is 1.94. The average molecular weight is 502 g/mol. The van der Waals surface area contributed by atoms with Gasteiger partial charge in [-0.3, -0.25) is 9.98 Å². The van der Waals surface area contributed by atoms with Gasteiger partial charge in [0.1, 0.15) is 5.75 Å². The Balaban J connectivity index is 1.56. The molecule has 0 bridgehead atoms. The van der Waals surface area contributed by atoms with Crippen LogP contribution in [0.5, 0.6) is 5.75 Å². The third-order valence-corrected chi connectivity index (χ3v) is 6.17. The Morgan fingerprint density at radius 3 is 2.49 bits per heavy atom. The molecule has 0 unspecified atom stereocenters. The highest BCUT2D eigenvalue weighted by Gasteiger charge is 2.31. The number of para-hydroxylation sites is 2. The fraction of sp³-hybridized carbons (Fsp3) is 0.179. The van der Waals surface area contributed by atoms with Crippen LogP contribution in [0.3, 0.4) is 0 Å². The molecule has 1 aliphatic heterocycles. The number of anilines is 2. The van der Waals surface area contributed by atoms with Crippen molar-refractivity contribution in [3.05, 3.63) is 90.0 Å². The minimum absolute atomic E-state index is 0.272. The molecule has 6 rings (SSSR count). The van der Waals surface area contributed by atoms with Crippen LogP contribution in [0.15, 0.2) is 84.0 Å². The van der Waals surface area contributed by atoms with Gasteiger partial charge >= 0.3 is 6.36 Å². The second-order valence-electron chi connectivity index (χ2n) is 8.96. The number of pyridine rings is 1. The Bertz CT molecular complexity index is 1640. The van der Waals surface area contributed by atoms with Crippen molar-refractivity contribution in [2.24, 2.45) is 4.99 Å². The van der Waals surface area contributed by atoms with Crippen molar-refractivity contribution in [3.8, 4) is 22.8 Å². The quantitative estimate of drug-likeness (QED) is 0.278. The summed E-state index contributed by atoms with van der Waals surface area (Å²) in [6.07, 6.45) is -0.919. The SMILES string of the molecule is Cc1ncccc1Nc1cc2nc3ccccc3n(-c3ccc(OC(F)(F)F)cc3)c-2c/c1=N\C1CC1. The molecule has 186 valence electrons. The Morgan fingerprint density at radius 2 is 1.76 bits per heavy atom. The van der Waals surface area contributed by atoms with Crippen LogP contribution in [-0.2, 0) is 0 Å². The van der Waals surface area contributed by atoms with Crippen molar-refractivity contribution < 1.29 is 17.9 Å². The van der Waals surface area contributed by atoms with Gasteiger partial charge < -0.3 is 14.6 Å². The summed E-state index contributed by atoms with van der Waals surface area (Å²) in [5.74, 6) is -0.276. The van der Waals surface area contributed by atoms with Gasteiger partial charge in [0.05, 0.1) is 50.9 Å². The van der Waals surface area contributed by atoms with E-state index >= 15 is 0 Å². The zero-order chi connectivity index (χ0) is 25.6. The molecule has 1 saturated carbocycles. The van der Waals surface area contributed by atoms with Gasteiger partial charge in [-0.05, 0) is 80.4 Å². The molecule has 1 N–H and O–H groups in total. The van der Waals surface area contributed by atoms with Crippen LogP contribution < -0.4 is 15.4 Å². The Labute approximate surface area is 210 Å². The molecule has 2 heterocycles. The third kappa shape index (κ3) is 4.84. The molecule has 3 aliphatic rings. The van der Waals surface area contributed by atoms with Crippen molar-refractivity contribution in [1.82, 2.24) is 14.5 Å². The molecule has 0 atom stereocenters. The predicted octanol–water partition coefficient (Wildman–Crippen LogP) is 6.54. The molecule has 0 saturated heterocycles. The first-order valence-electron chi connectivity index (χ1n) is 11.9. The molecule has 2 aromatic carbocycles. The molecule has 0 amide bonds. The number of benzene rings is 3. The number of aromatic nitrogens is 3. The standard InChI is InChI=1S/C28H22F3N5O/c1-17-21(6-4-14-32-17)34-23-15-25-27(16-24(23)33-18-8-9-18)36(26-7-3-2-5-22(26)35-25)19-10-12-20(13-11-19)37-28(29,30)31/h2-7,10-16,18,34H,8-9H2,1H3/b33-24+. The second-order valence-corrected chi connectivity index (χ2v) is 8.96. The molecular formula is C28H22F3N5O. The van der Waals surface area contributed by atoms with Crippen LogP contribution in [0.4, 0.5) is 24.5 Å². The zero-order valence-electron chi connectivity index (χ0n) is 19.8. The number of ether oxygens (including phenoxy) is 1. The van der Waals surface area contributed by atoms with Crippen LogP contribution in [0.1, 0.15) is 18.5 Å². The zero-order valence-corrected chi connectivity index (χ0v) is 19.8. The van der Waals surface area contributed by atoms with E-state index in [-0.39, 0.29) is 11.8 Å². The van der Waals surface area contributed by atoms with Gasteiger partial charge in [-0.2, -0.15) is 0 Å². The van der Waals surface area contributed by atoms with E-state index in [1.54, 1.807) is 18.3 Å². The number of halogens is 3. The van der Waals surface area contributed by atoms with E-state index in [2.05, 4.69) is 15.0 Å². The predicted molar refractivity (Wildman–Crippen MR) is 135 cm³/mol. The van der Waals surface area contributed by atoms with E-state index in [9.17, 15) is 13.2 Å². The number of nitrogens with one attached hydrogen (secondary N) is 1. The van der Waals surface area contributed by atoms with Gasteiger partial charge in [0.25, 0.3) is 0 Å². The summed E-state index contributed by atoms with van der Waals surface area (Å²) < 4.78 is 44.1. The van der Waals surface area contributed by atoms with E-state index in [0.717, 1.165) is 52.0 Å². The molecule has 37 heavy (non-hydrogen) atoms. The first-order chi connectivity index (χ1) is 17.8. The lowest BCUT2D eigenvalue weighted by atomic mass is 10.1. The minimum atomic E-state index is -4.75. The lowest BCUT2D eigenvalue weighted by Crippen LogP contribution is -2.17. The average Bonchev–Trinajstić information content (AvgIpc) is 3.68. The maximum atomic E-state index is 12.7. The molecule has 0 spiro atoms. The molecule has 1 fully saturated rings. The van der Waals surface area contributed by atoms with Crippen LogP contribution >= 0.6 is 0 Å². The van der Waals surface area contributed by atoms with Crippen molar-refractivity contribution >= 4 is 22.4 Å². The summed E-state index contributed by atoms with van der Waals surface area (Å²) in [4.78, 5) is 14.2. The maximum absolute atomic E-state index is 12.7. The van der Waals surface area contributed by atoms with Crippen LogP contribution in [0.2, 0.25) is 0 Å². The second kappa shape index (κ2) is 8.92. The van der Waals surface area contributed by atoms with E-state index < -0.39 is 6.36 Å². The van der Waals surface area contributed by atoms with Crippen molar-refractivity contribution in [2.45, 2.75) is 32.2 Å². The normalized spacial score (nSPS) is 14.3. The minimum Gasteiger partial charge on any atom is -0.406 e. The van der Waals surface area contributed by atoms with Gasteiger partial charge in [0.15, 0.2) is 0 Å². The van der Waals surface area contributed by atoms with E-state index in [0.29, 0.717) is 11.4 Å². The first kappa shape index (κ1) is 23.0. The van der Waals surface area contributed by atoms with Gasteiger partial charge in [0, 0.05) is 11.9 Å². The number of fused-ring (bicyclic) bond motifs is 2. The van der Waals surface area contributed by atoms with Gasteiger partial charge in [-0.15, -0.1) is 13.2 Å². The molecule has 1 aromatic heterocycles. The summed E-state index contributed by atoms with van der Waals surface area (Å²) >= 11 is 0. The van der Waals surface area contributed by atoms with Crippen molar-refractivity contribution in [1.29, 1.82) is 0 Å². The van der Waals surface area contributed by atoms with Crippen molar-refractivity contribution in [3.63, 3.8) is 0 Å². The fourth-order valence-electron chi connectivity index (χ4n) is 4.29. The molecule has 2 aliphatic carbocycles. The fourth-order valence-corrected chi connectivity index (χ4v) is 4.29. The van der Waals surface area contributed by atoms with Crippen molar-refractivity contribution in [2.75, 3.05) is 5.32 Å². The van der Waals surface area contributed by atoms with E-state index in [1.165, 1.54) is 12.1 Å². The molecule has 0 radical (unpaired) electrons. The Kier molecular flexibility index (Phi) is 5.55. The number of nitrogens with zero attached hydrogens (tertiary/aromatic N) is 4. The highest BCUT2D eigenvalue weighted by molar-refractivity contribution is 5.84. The number of hydrogen-bond donors (Lipinski definition) is 1. The monoisotopic (exact) mass is 501 g/mol. The van der Waals surface area contributed by atoms with E-state index in [1.807, 2.05) is 60.0 Å². The van der Waals surface area contributed by atoms with Gasteiger partial charge in [0.2, 0.25) is 0 Å². The number of aryl methyl sites for hydroxylation is 1. The maximum Gasteiger partial charge on any atom is 0.573 e. The lowest BCUT2D eigenvalue weighted by molar-refractivity contribution is -0.274. The lowest BCUT2D eigenvalue weighted by Gasteiger charge is -2.21. The van der Waals surface area contributed by atoms with Crippen LogP contribution in [0, 0.1) is 6.92 Å². The molecular weight excluding hydrogens is 479 g/mol.